The van der Waals surface area contributed by atoms with E-state index in [1.54, 1.807) is 19.0 Å². The molecule has 0 saturated carbocycles. The largest absolute Gasteiger partial charge is 0.452 e. The van der Waals surface area contributed by atoms with Gasteiger partial charge < -0.3 is 14.5 Å². The zero-order valence-electron chi connectivity index (χ0n) is 13.7. The minimum Gasteiger partial charge on any atom is -0.452 e. The van der Waals surface area contributed by atoms with Crippen LogP contribution in [0.15, 0.2) is 18.2 Å². The third kappa shape index (κ3) is 4.95. The predicted molar refractivity (Wildman–Crippen MR) is 85.6 cm³/mol. The molecule has 1 rings (SSSR count). The number of likely N-dealkylation sites (N-methyl/N-ethyl adjacent to an activating group) is 1. The van der Waals surface area contributed by atoms with Gasteiger partial charge in [-0.3, -0.25) is 14.9 Å². The number of nitrogens with zero attached hydrogens (tertiary/aromatic N) is 4. The number of amides is 1. The molecule has 0 aromatic heterocycles. The highest BCUT2D eigenvalue weighted by molar-refractivity contribution is 5.97. The molecule has 0 unspecified atom stereocenters. The van der Waals surface area contributed by atoms with Crippen LogP contribution in [0.25, 0.3) is 0 Å². The van der Waals surface area contributed by atoms with E-state index in [2.05, 4.69) is 0 Å². The van der Waals surface area contributed by atoms with Gasteiger partial charge in [0.2, 0.25) is 0 Å². The highest BCUT2D eigenvalue weighted by Crippen LogP contribution is 2.24. The predicted octanol–water partition coefficient (Wildman–Crippen LogP) is 1.19. The smallest absolute Gasteiger partial charge is 0.341 e. The van der Waals surface area contributed by atoms with E-state index < -0.39 is 23.4 Å². The van der Waals surface area contributed by atoms with Crippen molar-refractivity contribution in [2.24, 2.45) is 0 Å². The van der Waals surface area contributed by atoms with Crippen molar-refractivity contribution in [2.45, 2.75) is 6.42 Å². The number of esters is 1. The average Bonchev–Trinajstić information content (AvgIpc) is 2.56. The molecule has 0 fully saturated rings. The first-order chi connectivity index (χ1) is 11.3. The Labute approximate surface area is 139 Å². The van der Waals surface area contributed by atoms with Gasteiger partial charge in [-0.25, -0.2) is 4.79 Å². The number of benzene rings is 1. The van der Waals surface area contributed by atoms with E-state index in [0.717, 1.165) is 6.07 Å². The van der Waals surface area contributed by atoms with Gasteiger partial charge in [0.1, 0.15) is 0 Å². The van der Waals surface area contributed by atoms with Crippen LogP contribution in [0.3, 0.4) is 0 Å². The molecule has 0 heterocycles. The highest BCUT2D eigenvalue weighted by atomic mass is 16.6. The minimum atomic E-state index is -0.829. The molecule has 0 aliphatic carbocycles. The van der Waals surface area contributed by atoms with Crippen LogP contribution in [0, 0.1) is 21.4 Å². The number of ether oxygens (including phenoxy) is 1. The number of carbonyl (C=O) groups is 2. The molecule has 0 radical (unpaired) electrons. The van der Waals surface area contributed by atoms with Gasteiger partial charge in [0, 0.05) is 39.8 Å². The number of nitriles is 1. The molecule has 9 heteroatoms. The van der Waals surface area contributed by atoms with Crippen molar-refractivity contribution in [3.05, 3.63) is 33.9 Å². The number of anilines is 1. The summed E-state index contributed by atoms with van der Waals surface area (Å²) in [7, 11) is 4.85. The van der Waals surface area contributed by atoms with Crippen LogP contribution >= 0.6 is 0 Å². The second-order valence-corrected chi connectivity index (χ2v) is 5.15. The summed E-state index contributed by atoms with van der Waals surface area (Å²) in [4.78, 5) is 37.1. The van der Waals surface area contributed by atoms with Crippen LogP contribution in [0.4, 0.5) is 11.4 Å². The van der Waals surface area contributed by atoms with Crippen molar-refractivity contribution in [1.29, 1.82) is 5.26 Å². The number of hydrogen-bond acceptors (Lipinski definition) is 7. The fourth-order valence-electron chi connectivity index (χ4n) is 1.85. The third-order valence-corrected chi connectivity index (χ3v) is 3.20. The van der Waals surface area contributed by atoms with Crippen molar-refractivity contribution in [3.63, 3.8) is 0 Å². The summed E-state index contributed by atoms with van der Waals surface area (Å²) in [6.07, 6.45) is 0.172. The van der Waals surface area contributed by atoms with Crippen molar-refractivity contribution >= 4 is 23.3 Å². The molecule has 0 atom stereocenters. The van der Waals surface area contributed by atoms with E-state index in [9.17, 15) is 19.7 Å². The minimum absolute atomic E-state index is 0.00155. The third-order valence-electron chi connectivity index (χ3n) is 3.20. The van der Waals surface area contributed by atoms with E-state index in [4.69, 9.17) is 10.00 Å². The van der Waals surface area contributed by atoms with Gasteiger partial charge in [-0.05, 0) is 6.07 Å². The summed E-state index contributed by atoms with van der Waals surface area (Å²) in [5.41, 5.74) is 0.197. The number of carbonyl (C=O) groups excluding carboxylic acids is 2. The van der Waals surface area contributed by atoms with Gasteiger partial charge in [0.05, 0.1) is 28.7 Å². The Morgan fingerprint density at radius 2 is 2.00 bits per heavy atom. The molecular formula is C15H18N4O5. The van der Waals surface area contributed by atoms with Gasteiger partial charge in [0.25, 0.3) is 11.6 Å². The van der Waals surface area contributed by atoms with Crippen LogP contribution in [0.5, 0.6) is 0 Å². The van der Waals surface area contributed by atoms with Crippen molar-refractivity contribution in [2.75, 3.05) is 39.2 Å². The SMILES string of the molecule is CN(CCC#N)C(=O)COC(=O)c1cc([N+](=O)[O-])ccc1N(C)C. The molecule has 0 aliphatic heterocycles. The Kier molecular flexibility index (Phi) is 6.67. The average molecular weight is 334 g/mol. The number of nitro benzene ring substituents is 1. The molecule has 1 aromatic rings. The second kappa shape index (κ2) is 8.47. The number of rotatable bonds is 7. The summed E-state index contributed by atoms with van der Waals surface area (Å²) in [6.45, 7) is -0.275. The Morgan fingerprint density at radius 3 is 2.54 bits per heavy atom. The number of non-ortho nitro benzene ring substituents is 1. The molecule has 0 saturated heterocycles. The molecule has 1 aromatic carbocycles. The standard InChI is InChI=1S/C15H18N4O5/c1-17(2)13-6-5-11(19(22)23)9-12(13)15(21)24-10-14(20)18(3)8-4-7-16/h5-6,9H,4,8,10H2,1-3H3. The summed E-state index contributed by atoms with van der Waals surface area (Å²) in [6, 6.07) is 5.75. The van der Waals surface area contributed by atoms with E-state index >= 15 is 0 Å². The molecule has 0 N–H and O–H groups in total. The maximum absolute atomic E-state index is 12.2. The number of hydrogen-bond donors (Lipinski definition) is 0. The molecule has 0 bridgehead atoms. The molecular weight excluding hydrogens is 316 g/mol. The van der Waals surface area contributed by atoms with E-state index in [-0.39, 0.29) is 24.2 Å². The Morgan fingerprint density at radius 1 is 1.33 bits per heavy atom. The lowest BCUT2D eigenvalue weighted by Gasteiger charge is -2.18. The normalized spacial score (nSPS) is 9.75. The van der Waals surface area contributed by atoms with Gasteiger partial charge in [-0.15, -0.1) is 0 Å². The van der Waals surface area contributed by atoms with E-state index in [0.29, 0.717) is 5.69 Å². The molecule has 24 heavy (non-hydrogen) atoms. The number of nitro groups is 1. The first-order valence-corrected chi connectivity index (χ1v) is 7.01. The van der Waals surface area contributed by atoms with Gasteiger partial charge in [0.15, 0.2) is 6.61 Å². The topological polar surface area (TPSA) is 117 Å². The first-order valence-electron chi connectivity index (χ1n) is 7.01. The first kappa shape index (κ1) is 18.9. The monoisotopic (exact) mass is 334 g/mol. The highest BCUT2D eigenvalue weighted by Gasteiger charge is 2.20. The summed E-state index contributed by atoms with van der Waals surface area (Å²) < 4.78 is 4.95. The quantitative estimate of drug-likeness (QED) is 0.417. The molecule has 1 amide bonds. The zero-order valence-corrected chi connectivity index (χ0v) is 13.7. The fraction of sp³-hybridized carbons (Fsp3) is 0.400. The molecule has 0 spiro atoms. The summed E-state index contributed by atoms with van der Waals surface area (Å²) in [5, 5.41) is 19.3. The van der Waals surface area contributed by atoms with Crippen LogP contribution in [0.2, 0.25) is 0 Å². The van der Waals surface area contributed by atoms with Crippen molar-refractivity contribution < 1.29 is 19.2 Å². The lowest BCUT2D eigenvalue weighted by atomic mass is 10.1. The van der Waals surface area contributed by atoms with Crippen LogP contribution in [0.1, 0.15) is 16.8 Å². The fourth-order valence-corrected chi connectivity index (χ4v) is 1.85. The molecule has 128 valence electrons. The van der Waals surface area contributed by atoms with Crippen LogP contribution in [-0.2, 0) is 9.53 Å². The van der Waals surface area contributed by atoms with Crippen LogP contribution < -0.4 is 4.90 Å². The van der Waals surface area contributed by atoms with Crippen LogP contribution in [-0.4, -0.2) is 56.0 Å². The van der Waals surface area contributed by atoms with Gasteiger partial charge in [-0.1, -0.05) is 0 Å². The van der Waals surface area contributed by atoms with E-state index in [1.807, 2.05) is 6.07 Å². The Hall–Kier alpha value is -3.15. The molecule has 0 aliphatic rings. The lowest BCUT2D eigenvalue weighted by Crippen LogP contribution is -2.32. The maximum atomic E-state index is 12.2. The Bertz CT molecular complexity index is 681. The zero-order chi connectivity index (χ0) is 18.3. The molecule has 9 nitrogen and oxygen atoms in total. The van der Waals surface area contributed by atoms with Gasteiger partial charge >= 0.3 is 5.97 Å². The van der Waals surface area contributed by atoms with Gasteiger partial charge in [-0.2, -0.15) is 5.26 Å². The maximum Gasteiger partial charge on any atom is 0.341 e. The van der Waals surface area contributed by atoms with Crippen molar-refractivity contribution in [1.82, 2.24) is 4.90 Å². The Balaban J connectivity index is 2.87. The summed E-state index contributed by atoms with van der Waals surface area (Å²) >= 11 is 0. The summed E-state index contributed by atoms with van der Waals surface area (Å²) in [5.74, 6) is -1.29. The van der Waals surface area contributed by atoms with Crippen molar-refractivity contribution in [3.8, 4) is 6.07 Å². The lowest BCUT2D eigenvalue weighted by molar-refractivity contribution is -0.384. The van der Waals surface area contributed by atoms with E-state index in [1.165, 1.54) is 24.1 Å². The second-order valence-electron chi connectivity index (χ2n) is 5.15.